The van der Waals surface area contributed by atoms with E-state index in [1.165, 1.54) is 24.3 Å². The standard InChI is InChI=1S/C14H11BrN2O4/c15-9-3-1-7(5-10(9)16)13(19)17-11-6-8(14(20)21)2-4-12(11)18/h1-6,18H,16H2,(H,17,19)(H,20,21). The zero-order chi connectivity index (χ0) is 15.6. The molecule has 7 heteroatoms. The monoisotopic (exact) mass is 350 g/mol. The van der Waals surface area contributed by atoms with Crippen LogP contribution in [0, 0.1) is 0 Å². The summed E-state index contributed by atoms with van der Waals surface area (Å²) in [6, 6.07) is 8.26. The number of phenols is 1. The predicted molar refractivity (Wildman–Crippen MR) is 81.6 cm³/mol. The average Bonchev–Trinajstić information content (AvgIpc) is 2.43. The molecule has 0 heterocycles. The van der Waals surface area contributed by atoms with Crippen LogP contribution in [0.2, 0.25) is 0 Å². The van der Waals surface area contributed by atoms with E-state index in [-0.39, 0.29) is 22.6 Å². The van der Waals surface area contributed by atoms with Gasteiger partial charge < -0.3 is 21.3 Å². The van der Waals surface area contributed by atoms with Gasteiger partial charge in [-0.15, -0.1) is 0 Å². The van der Waals surface area contributed by atoms with Crippen LogP contribution in [-0.4, -0.2) is 22.1 Å². The molecule has 2 rings (SSSR count). The molecule has 6 nitrogen and oxygen atoms in total. The highest BCUT2D eigenvalue weighted by molar-refractivity contribution is 9.10. The van der Waals surface area contributed by atoms with Crippen LogP contribution in [0.5, 0.6) is 5.75 Å². The highest BCUT2D eigenvalue weighted by Gasteiger charge is 2.12. The average molecular weight is 351 g/mol. The zero-order valence-corrected chi connectivity index (χ0v) is 12.2. The molecule has 0 atom stereocenters. The van der Waals surface area contributed by atoms with E-state index in [4.69, 9.17) is 10.8 Å². The van der Waals surface area contributed by atoms with Gasteiger partial charge in [-0.3, -0.25) is 4.79 Å². The Balaban J connectivity index is 2.28. The number of carboxylic acid groups (broad SMARTS) is 1. The van der Waals surface area contributed by atoms with Gasteiger partial charge in [-0.1, -0.05) is 0 Å². The van der Waals surface area contributed by atoms with E-state index in [2.05, 4.69) is 21.2 Å². The van der Waals surface area contributed by atoms with Crippen LogP contribution in [0.4, 0.5) is 11.4 Å². The molecule has 0 fully saturated rings. The van der Waals surface area contributed by atoms with Crippen molar-refractivity contribution in [3.63, 3.8) is 0 Å². The fourth-order valence-corrected chi connectivity index (χ4v) is 1.90. The molecule has 1 amide bonds. The van der Waals surface area contributed by atoms with Crippen molar-refractivity contribution in [2.75, 3.05) is 11.1 Å². The molecule has 5 N–H and O–H groups in total. The van der Waals surface area contributed by atoms with Gasteiger partial charge in [0.1, 0.15) is 5.75 Å². The number of aromatic hydroxyl groups is 1. The Bertz CT molecular complexity index is 731. The molecule has 2 aromatic carbocycles. The summed E-state index contributed by atoms with van der Waals surface area (Å²) in [4.78, 5) is 23.0. The van der Waals surface area contributed by atoms with Gasteiger partial charge >= 0.3 is 5.97 Å². The molecule has 0 aromatic heterocycles. The van der Waals surface area contributed by atoms with Gasteiger partial charge in [0, 0.05) is 15.7 Å². The Hall–Kier alpha value is -2.54. The topological polar surface area (TPSA) is 113 Å². The van der Waals surface area contributed by atoms with Crippen molar-refractivity contribution < 1.29 is 19.8 Å². The molecule has 0 saturated heterocycles. The van der Waals surface area contributed by atoms with Crippen molar-refractivity contribution >= 4 is 39.2 Å². The first-order chi connectivity index (χ1) is 9.88. The number of nitrogen functional groups attached to an aromatic ring is 1. The first kappa shape index (κ1) is 14.9. The summed E-state index contributed by atoms with van der Waals surface area (Å²) in [6.07, 6.45) is 0. The van der Waals surface area contributed by atoms with E-state index < -0.39 is 11.9 Å². The van der Waals surface area contributed by atoms with E-state index in [1.54, 1.807) is 12.1 Å². The third kappa shape index (κ3) is 3.32. The number of amides is 1. The van der Waals surface area contributed by atoms with Gasteiger partial charge in [0.15, 0.2) is 0 Å². The largest absolute Gasteiger partial charge is 0.506 e. The van der Waals surface area contributed by atoms with Crippen LogP contribution in [-0.2, 0) is 0 Å². The minimum atomic E-state index is -1.15. The molecular formula is C14H11BrN2O4. The maximum absolute atomic E-state index is 12.1. The van der Waals surface area contributed by atoms with E-state index >= 15 is 0 Å². The van der Waals surface area contributed by atoms with E-state index in [1.807, 2.05) is 0 Å². The zero-order valence-electron chi connectivity index (χ0n) is 10.6. The summed E-state index contributed by atoms with van der Waals surface area (Å²) in [7, 11) is 0. The second-order valence-corrected chi connectivity index (χ2v) is 5.08. The molecule has 0 saturated carbocycles. The number of hydrogen-bond acceptors (Lipinski definition) is 4. The van der Waals surface area contributed by atoms with Gasteiger partial charge in [-0.2, -0.15) is 0 Å². The number of hydrogen-bond donors (Lipinski definition) is 4. The Morgan fingerprint density at radius 1 is 1.10 bits per heavy atom. The summed E-state index contributed by atoms with van der Waals surface area (Å²) in [5.74, 6) is -1.89. The summed E-state index contributed by atoms with van der Waals surface area (Å²) in [5, 5.41) is 21.0. The van der Waals surface area contributed by atoms with Crippen molar-refractivity contribution in [1.29, 1.82) is 0 Å². The number of carbonyl (C=O) groups is 2. The Morgan fingerprint density at radius 2 is 1.76 bits per heavy atom. The minimum absolute atomic E-state index is 0.0152. The van der Waals surface area contributed by atoms with E-state index in [0.29, 0.717) is 10.2 Å². The van der Waals surface area contributed by atoms with Gasteiger partial charge in [0.25, 0.3) is 5.91 Å². The lowest BCUT2D eigenvalue weighted by atomic mass is 10.1. The molecular weight excluding hydrogens is 340 g/mol. The number of anilines is 2. The first-order valence-corrected chi connectivity index (χ1v) is 6.60. The molecule has 0 aliphatic rings. The predicted octanol–water partition coefficient (Wildman–Crippen LogP) is 2.69. The summed E-state index contributed by atoms with van der Waals surface area (Å²) >= 11 is 3.22. The fraction of sp³-hybridized carbons (Fsp3) is 0. The lowest BCUT2D eigenvalue weighted by Crippen LogP contribution is -2.13. The van der Waals surface area contributed by atoms with Crippen LogP contribution >= 0.6 is 15.9 Å². The summed E-state index contributed by atoms with van der Waals surface area (Å²) in [5.41, 5.74) is 6.35. The molecule has 0 unspecified atom stereocenters. The van der Waals surface area contributed by atoms with Crippen LogP contribution in [0.3, 0.4) is 0 Å². The molecule has 108 valence electrons. The third-order valence-electron chi connectivity index (χ3n) is 2.75. The highest BCUT2D eigenvalue weighted by atomic mass is 79.9. The van der Waals surface area contributed by atoms with Crippen LogP contribution in [0.25, 0.3) is 0 Å². The number of phenolic OH excluding ortho intramolecular Hbond substituents is 1. The van der Waals surface area contributed by atoms with Crippen LogP contribution in [0.1, 0.15) is 20.7 Å². The highest BCUT2D eigenvalue weighted by Crippen LogP contribution is 2.26. The molecule has 0 aliphatic carbocycles. The molecule has 0 bridgehead atoms. The molecule has 0 radical (unpaired) electrons. The summed E-state index contributed by atoms with van der Waals surface area (Å²) < 4.78 is 0.662. The van der Waals surface area contributed by atoms with Crippen LogP contribution in [0.15, 0.2) is 40.9 Å². The molecule has 0 spiro atoms. The smallest absolute Gasteiger partial charge is 0.335 e. The molecule has 2 aromatic rings. The lowest BCUT2D eigenvalue weighted by Gasteiger charge is -2.09. The molecule has 0 aliphatic heterocycles. The van der Waals surface area contributed by atoms with Gasteiger partial charge in [-0.05, 0) is 52.3 Å². The molecule has 21 heavy (non-hydrogen) atoms. The second-order valence-electron chi connectivity index (χ2n) is 4.23. The van der Waals surface area contributed by atoms with Gasteiger partial charge in [0.2, 0.25) is 0 Å². The number of nitrogens with two attached hydrogens (primary N) is 1. The van der Waals surface area contributed by atoms with E-state index in [9.17, 15) is 14.7 Å². The Morgan fingerprint density at radius 3 is 2.38 bits per heavy atom. The van der Waals surface area contributed by atoms with Crippen molar-refractivity contribution in [2.24, 2.45) is 0 Å². The van der Waals surface area contributed by atoms with E-state index in [0.717, 1.165) is 0 Å². The van der Waals surface area contributed by atoms with Gasteiger partial charge in [0.05, 0.1) is 11.3 Å². The SMILES string of the molecule is Nc1cc(C(=O)Nc2cc(C(=O)O)ccc2O)ccc1Br. The maximum Gasteiger partial charge on any atom is 0.335 e. The van der Waals surface area contributed by atoms with Crippen molar-refractivity contribution in [2.45, 2.75) is 0 Å². The van der Waals surface area contributed by atoms with Gasteiger partial charge in [-0.25, -0.2) is 4.79 Å². The number of carbonyl (C=O) groups excluding carboxylic acids is 1. The maximum atomic E-state index is 12.1. The second kappa shape index (κ2) is 5.84. The van der Waals surface area contributed by atoms with Crippen molar-refractivity contribution in [3.05, 3.63) is 52.0 Å². The van der Waals surface area contributed by atoms with Crippen LogP contribution < -0.4 is 11.1 Å². The lowest BCUT2D eigenvalue weighted by molar-refractivity contribution is 0.0696. The quantitative estimate of drug-likeness (QED) is 0.502. The Kier molecular flexibility index (Phi) is 4.13. The summed E-state index contributed by atoms with van der Waals surface area (Å²) in [6.45, 7) is 0. The van der Waals surface area contributed by atoms with Crippen molar-refractivity contribution in [1.82, 2.24) is 0 Å². The van der Waals surface area contributed by atoms with Crippen molar-refractivity contribution in [3.8, 4) is 5.75 Å². The minimum Gasteiger partial charge on any atom is -0.506 e. The Labute approximate surface area is 128 Å². The number of halogens is 1. The third-order valence-corrected chi connectivity index (χ3v) is 3.47. The normalized spacial score (nSPS) is 10.1. The first-order valence-electron chi connectivity index (χ1n) is 5.81. The fourth-order valence-electron chi connectivity index (χ4n) is 1.65. The number of rotatable bonds is 3. The number of benzene rings is 2. The number of carboxylic acids is 1. The number of nitrogens with one attached hydrogen (secondary N) is 1. The number of aromatic carboxylic acids is 1.